The fraction of sp³-hybridized carbons (Fsp3) is 0.643. The molecule has 2 atom stereocenters. The van der Waals surface area contributed by atoms with E-state index >= 15 is 0 Å². The van der Waals surface area contributed by atoms with E-state index in [1.165, 1.54) is 0 Å². The molecule has 20 heavy (non-hydrogen) atoms. The van der Waals surface area contributed by atoms with E-state index < -0.39 is 0 Å². The highest BCUT2D eigenvalue weighted by Crippen LogP contribution is 2.17. The molecular weight excluding hydrogens is 280 g/mol. The minimum absolute atomic E-state index is 0. The first kappa shape index (κ1) is 17.0. The molecule has 5 nitrogen and oxygen atoms in total. The van der Waals surface area contributed by atoms with Gasteiger partial charge in [-0.3, -0.25) is 4.79 Å². The molecule has 1 aliphatic rings. The molecule has 1 saturated heterocycles. The third kappa shape index (κ3) is 3.53. The minimum atomic E-state index is -0.162. The third-order valence-corrected chi connectivity index (χ3v) is 3.60. The van der Waals surface area contributed by atoms with Gasteiger partial charge in [-0.15, -0.1) is 12.4 Å². The standard InChI is InChI=1S/C14H22N2O3.ClH/c1-4-9-6-12(19-11(9)5-2)14(17)16-10-7-15-8-13(10)18-3;/h6,10,13,15H,4-5,7-8H2,1-3H3,(H,16,17);1H. The number of rotatable bonds is 5. The van der Waals surface area contributed by atoms with Crippen molar-refractivity contribution in [3.8, 4) is 0 Å². The topological polar surface area (TPSA) is 63.5 Å². The lowest BCUT2D eigenvalue weighted by Gasteiger charge is -2.17. The van der Waals surface area contributed by atoms with Crippen LogP contribution < -0.4 is 10.6 Å². The zero-order valence-electron chi connectivity index (χ0n) is 12.2. The summed E-state index contributed by atoms with van der Waals surface area (Å²) in [5.74, 6) is 1.14. The molecule has 1 amide bonds. The van der Waals surface area contributed by atoms with Crippen LogP contribution in [0.5, 0.6) is 0 Å². The number of methoxy groups -OCH3 is 1. The van der Waals surface area contributed by atoms with Gasteiger partial charge in [-0.25, -0.2) is 0 Å². The molecular formula is C14H23ClN2O3. The number of carbonyl (C=O) groups is 1. The molecule has 0 aliphatic carbocycles. The first-order chi connectivity index (χ1) is 9.19. The van der Waals surface area contributed by atoms with Crippen molar-refractivity contribution >= 4 is 18.3 Å². The lowest BCUT2D eigenvalue weighted by molar-refractivity contribution is 0.0759. The van der Waals surface area contributed by atoms with E-state index in [1.807, 2.05) is 13.0 Å². The Balaban J connectivity index is 0.00000200. The van der Waals surface area contributed by atoms with Gasteiger partial charge < -0.3 is 19.8 Å². The predicted octanol–water partition coefficient (Wildman–Crippen LogP) is 1.54. The molecule has 114 valence electrons. The summed E-state index contributed by atoms with van der Waals surface area (Å²) < 4.78 is 10.9. The van der Waals surface area contributed by atoms with Gasteiger partial charge in [0.15, 0.2) is 5.76 Å². The van der Waals surface area contributed by atoms with Gasteiger partial charge in [-0.2, -0.15) is 0 Å². The largest absolute Gasteiger partial charge is 0.456 e. The molecule has 1 aromatic rings. The van der Waals surface area contributed by atoms with E-state index in [9.17, 15) is 4.79 Å². The molecule has 2 heterocycles. The Bertz CT molecular complexity index is 426. The number of hydrogen-bond acceptors (Lipinski definition) is 4. The van der Waals surface area contributed by atoms with Crippen molar-refractivity contribution in [3.05, 3.63) is 23.2 Å². The highest BCUT2D eigenvalue weighted by Gasteiger charge is 2.29. The van der Waals surface area contributed by atoms with Crippen molar-refractivity contribution < 1.29 is 13.9 Å². The van der Waals surface area contributed by atoms with Crippen LogP contribution in [0.3, 0.4) is 0 Å². The molecule has 0 saturated carbocycles. The van der Waals surface area contributed by atoms with Crippen LogP contribution in [0.4, 0.5) is 0 Å². The second-order valence-electron chi connectivity index (χ2n) is 4.78. The molecule has 0 spiro atoms. The van der Waals surface area contributed by atoms with Gasteiger partial charge >= 0.3 is 0 Å². The zero-order valence-corrected chi connectivity index (χ0v) is 13.0. The Hall–Kier alpha value is -1.04. The number of nitrogens with one attached hydrogen (secondary N) is 2. The van der Waals surface area contributed by atoms with Crippen molar-refractivity contribution in [3.63, 3.8) is 0 Å². The summed E-state index contributed by atoms with van der Waals surface area (Å²) in [7, 11) is 1.66. The fourth-order valence-electron chi connectivity index (χ4n) is 2.46. The van der Waals surface area contributed by atoms with E-state index in [0.717, 1.165) is 37.3 Å². The van der Waals surface area contributed by atoms with Crippen LogP contribution in [-0.2, 0) is 17.6 Å². The Morgan fingerprint density at radius 3 is 2.75 bits per heavy atom. The smallest absolute Gasteiger partial charge is 0.287 e. The van der Waals surface area contributed by atoms with Crippen LogP contribution in [0.2, 0.25) is 0 Å². The highest BCUT2D eigenvalue weighted by molar-refractivity contribution is 5.92. The summed E-state index contributed by atoms with van der Waals surface area (Å²) in [5, 5.41) is 6.16. The average Bonchev–Trinajstić information content (AvgIpc) is 3.03. The molecule has 2 unspecified atom stereocenters. The van der Waals surface area contributed by atoms with Crippen molar-refractivity contribution in [2.75, 3.05) is 20.2 Å². The fourth-order valence-corrected chi connectivity index (χ4v) is 2.46. The quantitative estimate of drug-likeness (QED) is 0.866. The Morgan fingerprint density at radius 2 is 2.20 bits per heavy atom. The number of hydrogen-bond donors (Lipinski definition) is 2. The summed E-state index contributed by atoms with van der Waals surface area (Å²) in [4.78, 5) is 12.2. The summed E-state index contributed by atoms with van der Waals surface area (Å²) in [6, 6.07) is 1.84. The van der Waals surface area contributed by atoms with E-state index in [1.54, 1.807) is 7.11 Å². The van der Waals surface area contributed by atoms with Crippen LogP contribution in [0.15, 0.2) is 10.5 Å². The SMILES string of the molecule is CCc1cc(C(=O)NC2CNCC2OC)oc1CC.Cl. The van der Waals surface area contributed by atoms with Crippen LogP contribution in [-0.4, -0.2) is 38.3 Å². The van der Waals surface area contributed by atoms with Gasteiger partial charge in [-0.05, 0) is 18.1 Å². The number of aryl methyl sites for hydroxylation is 2. The maximum Gasteiger partial charge on any atom is 0.287 e. The molecule has 1 aromatic heterocycles. The minimum Gasteiger partial charge on any atom is -0.456 e. The first-order valence-corrected chi connectivity index (χ1v) is 6.85. The second-order valence-corrected chi connectivity index (χ2v) is 4.78. The molecule has 0 aromatic carbocycles. The lowest BCUT2D eigenvalue weighted by atomic mass is 10.1. The molecule has 2 N–H and O–H groups in total. The van der Waals surface area contributed by atoms with E-state index in [4.69, 9.17) is 9.15 Å². The lowest BCUT2D eigenvalue weighted by Crippen LogP contribution is -2.43. The summed E-state index contributed by atoms with van der Waals surface area (Å²) in [6.07, 6.45) is 1.71. The summed E-state index contributed by atoms with van der Waals surface area (Å²) >= 11 is 0. The number of ether oxygens (including phenoxy) is 1. The highest BCUT2D eigenvalue weighted by atomic mass is 35.5. The number of halogens is 1. The van der Waals surface area contributed by atoms with Gasteiger partial charge in [-0.1, -0.05) is 13.8 Å². The van der Waals surface area contributed by atoms with Gasteiger partial charge in [0.1, 0.15) is 5.76 Å². The van der Waals surface area contributed by atoms with E-state index in [-0.39, 0.29) is 30.5 Å². The van der Waals surface area contributed by atoms with E-state index in [0.29, 0.717) is 5.76 Å². The van der Waals surface area contributed by atoms with Gasteiger partial charge in [0, 0.05) is 26.6 Å². The molecule has 1 aliphatic heterocycles. The van der Waals surface area contributed by atoms with E-state index in [2.05, 4.69) is 17.6 Å². The Morgan fingerprint density at radius 1 is 1.45 bits per heavy atom. The number of carbonyl (C=O) groups excluding carboxylic acids is 1. The molecule has 1 fully saturated rings. The van der Waals surface area contributed by atoms with Crippen molar-refractivity contribution in [1.82, 2.24) is 10.6 Å². The summed E-state index contributed by atoms with van der Waals surface area (Å²) in [6.45, 7) is 5.58. The monoisotopic (exact) mass is 302 g/mol. The Labute approximate surface area is 125 Å². The van der Waals surface area contributed by atoms with Crippen LogP contribution in [0.1, 0.15) is 35.7 Å². The van der Waals surface area contributed by atoms with Crippen molar-refractivity contribution in [2.24, 2.45) is 0 Å². The van der Waals surface area contributed by atoms with Crippen molar-refractivity contribution in [2.45, 2.75) is 38.8 Å². The predicted molar refractivity (Wildman–Crippen MR) is 79.6 cm³/mol. The maximum absolute atomic E-state index is 12.2. The zero-order chi connectivity index (χ0) is 13.8. The maximum atomic E-state index is 12.2. The van der Waals surface area contributed by atoms with Crippen LogP contribution in [0, 0.1) is 0 Å². The summed E-state index contributed by atoms with van der Waals surface area (Å²) in [5.41, 5.74) is 1.11. The first-order valence-electron chi connectivity index (χ1n) is 6.85. The van der Waals surface area contributed by atoms with Gasteiger partial charge in [0.2, 0.25) is 0 Å². The normalized spacial score (nSPS) is 21.6. The molecule has 0 bridgehead atoms. The number of furan rings is 1. The van der Waals surface area contributed by atoms with Crippen LogP contribution >= 0.6 is 12.4 Å². The van der Waals surface area contributed by atoms with Gasteiger partial charge in [0.05, 0.1) is 12.1 Å². The number of amides is 1. The molecule has 6 heteroatoms. The van der Waals surface area contributed by atoms with Crippen molar-refractivity contribution in [1.29, 1.82) is 0 Å². The second kappa shape index (κ2) is 7.67. The van der Waals surface area contributed by atoms with Crippen LogP contribution in [0.25, 0.3) is 0 Å². The third-order valence-electron chi connectivity index (χ3n) is 3.60. The van der Waals surface area contributed by atoms with Gasteiger partial charge in [0.25, 0.3) is 5.91 Å². The molecule has 2 rings (SSSR count). The Kier molecular flexibility index (Phi) is 6.52. The molecule has 0 radical (unpaired) electrons. The average molecular weight is 303 g/mol.